The molecule has 2 aromatic rings. The molecule has 1 heterocycles. The molecule has 112 valence electrons. The van der Waals surface area contributed by atoms with Crippen LogP contribution in [0.3, 0.4) is 0 Å². The normalized spacial score (nSPS) is 11.1. The predicted molar refractivity (Wildman–Crippen MR) is 77.3 cm³/mol. The zero-order chi connectivity index (χ0) is 15.6. The third kappa shape index (κ3) is 3.31. The molecule has 0 aliphatic heterocycles. The van der Waals surface area contributed by atoms with Gasteiger partial charge in [0.2, 0.25) is 0 Å². The molecule has 0 aliphatic rings. The van der Waals surface area contributed by atoms with E-state index in [1.807, 2.05) is 0 Å². The number of halogens is 1. The van der Waals surface area contributed by atoms with Crippen LogP contribution in [-0.2, 0) is 14.8 Å². The SMILES string of the molecule is COC(=O)c1ccc(F)c(NS(=O)(=O)c2cc(N)cs2)c1. The summed E-state index contributed by atoms with van der Waals surface area (Å²) >= 11 is 0.907. The van der Waals surface area contributed by atoms with Crippen molar-refractivity contribution in [2.45, 2.75) is 4.21 Å². The summed E-state index contributed by atoms with van der Waals surface area (Å²) in [7, 11) is -2.80. The van der Waals surface area contributed by atoms with Crippen LogP contribution in [0.2, 0.25) is 0 Å². The Labute approximate surface area is 124 Å². The van der Waals surface area contributed by atoms with Crippen LogP contribution in [0.15, 0.2) is 33.9 Å². The van der Waals surface area contributed by atoms with Gasteiger partial charge in [-0.2, -0.15) is 0 Å². The van der Waals surface area contributed by atoms with E-state index in [9.17, 15) is 17.6 Å². The number of benzene rings is 1. The number of nitrogens with two attached hydrogens (primary N) is 1. The molecule has 6 nitrogen and oxygen atoms in total. The van der Waals surface area contributed by atoms with Crippen molar-refractivity contribution >= 4 is 38.7 Å². The van der Waals surface area contributed by atoms with Crippen LogP contribution in [-0.4, -0.2) is 21.5 Å². The Kier molecular flexibility index (Phi) is 4.14. The molecular formula is C12H11FN2O4S2. The fourth-order valence-corrected chi connectivity index (χ4v) is 3.65. The van der Waals surface area contributed by atoms with Gasteiger partial charge in [-0.05, 0) is 24.3 Å². The molecule has 0 saturated carbocycles. The van der Waals surface area contributed by atoms with Gasteiger partial charge >= 0.3 is 5.97 Å². The van der Waals surface area contributed by atoms with Gasteiger partial charge < -0.3 is 10.5 Å². The molecule has 2 rings (SSSR count). The van der Waals surface area contributed by atoms with Crippen LogP contribution in [0, 0.1) is 5.82 Å². The van der Waals surface area contributed by atoms with Crippen LogP contribution in [0.5, 0.6) is 0 Å². The van der Waals surface area contributed by atoms with Crippen LogP contribution in [0.25, 0.3) is 0 Å². The summed E-state index contributed by atoms with van der Waals surface area (Å²) in [6.45, 7) is 0. The lowest BCUT2D eigenvalue weighted by molar-refractivity contribution is 0.0600. The van der Waals surface area contributed by atoms with Crippen LogP contribution in [0.1, 0.15) is 10.4 Å². The van der Waals surface area contributed by atoms with Crippen LogP contribution >= 0.6 is 11.3 Å². The van der Waals surface area contributed by atoms with E-state index in [2.05, 4.69) is 9.46 Å². The van der Waals surface area contributed by atoms with Gasteiger partial charge in [0.05, 0.1) is 18.4 Å². The molecule has 0 fully saturated rings. The van der Waals surface area contributed by atoms with Gasteiger partial charge in [-0.1, -0.05) is 0 Å². The number of esters is 1. The Bertz CT molecular complexity index is 786. The number of hydrogen-bond acceptors (Lipinski definition) is 6. The summed E-state index contributed by atoms with van der Waals surface area (Å²) in [5.74, 6) is -1.51. The Hall–Kier alpha value is -2.13. The third-order valence-corrected chi connectivity index (χ3v) is 5.32. The first-order valence-corrected chi connectivity index (χ1v) is 7.94. The number of ether oxygens (including phenoxy) is 1. The van der Waals surface area contributed by atoms with E-state index in [-0.39, 0.29) is 15.5 Å². The lowest BCUT2D eigenvalue weighted by atomic mass is 10.2. The smallest absolute Gasteiger partial charge is 0.337 e. The minimum atomic E-state index is -3.97. The second kappa shape index (κ2) is 5.70. The van der Waals surface area contributed by atoms with E-state index >= 15 is 0 Å². The quantitative estimate of drug-likeness (QED) is 0.836. The molecule has 0 bridgehead atoms. The third-order valence-electron chi connectivity index (χ3n) is 2.49. The van der Waals surface area contributed by atoms with Gasteiger partial charge in [-0.3, -0.25) is 4.72 Å². The molecule has 0 unspecified atom stereocenters. The van der Waals surface area contributed by atoms with Crippen molar-refractivity contribution in [2.75, 3.05) is 17.6 Å². The number of carbonyl (C=O) groups excluding carboxylic acids is 1. The average molecular weight is 330 g/mol. The first kappa shape index (κ1) is 15.3. The van der Waals surface area contributed by atoms with E-state index in [0.29, 0.717) is 5.69 Å². The molecule has 1 aromatic heterocycles. The molecule has 0 atom stereocenters. The number of carbonyl (C=O) groups is 1. The zero-order valence-electron chi connectivity index (χ0n) is 10.8. The Morgan fingerprint density at radius 3 is 2.67 bits per heavy atom. The Morgan fingerprint density at radius 2 is 2.10 bits per heavy atom. The van der Waals surface area contributed by atoms with Gasteiger partial charge in [0.15, 0.2) is 0 Å². The maximum absolute atomic E-state index is 13.7. The number of hydrogen-bond donors (Lipinski definition) is 2. The van der Waals surface area contributed by atoms with E-state index in [0.717, 1.165) is 23.5 Å². The summed E-state index contributed by atoms with van der Waals surface area (Å²) in [6, 6.07) is 4.50. The molecule has 0 spiro atoms. The number of anilines is 2. The fourth-order valence-electron chi connectivity index (χ4n) is 1.51. The average Bonchev–Trinajstić information content (AvgIpc) is 2.87. The number of sulfonamides is 1. The second-order valence-electron chi connectivity index (χ2n) is 3.99. The summed E-state index contributed by atoms with van der Waals surface area (Å²) in [5.41, 5.74) is 5.45. The van der Waals surface area contributed by atoms with Crippen molar-refractivity contribution in [3.63, 3.8) is 0 Å². The number of methoxy groups -OCH3 is 1. The standard InChI is InChI=1S/C12H11FN2O4S2/c1-19-12(16)7-2-3-9(13)10(4-7)15-21(17,18)11-5-8(14)6-20-11/h2-6,15H,14H2,1H3. The van der Waals surface area contributed by atoms with Gasteiger partial charge in [0, 0.05) is 11.1 Å². The molecule has 9 heteroatoms. The van der Waals surface area contributed by atoms with Crippen LogP contribution in [0.4, 0.5) is 15.8 Å². The van der Waals surface area contributed by atoms with Gasteiger partial charge in [0.1, 0.15) is 10.0 Å². The summed E-state index contributed by atoms with van der Waals surface area (Å²) in [4.78, 5) is 11.4. The molecular weight excluding hydrogens is 319 g/mol. The molecule has 0 radical (unpaired) electrons. The molecule has 0 saturated heterocycles. The molecule has 0 amide bonds. The van der Waals surface area contributed by atoms with Crippen molar-refractivity contribution in [1.29, 1.82) is 0 Å². The van der Waals surface area contributed by atoms with E-state index < -0.39 is 21.8 Å². The molecule has 1 aromatic carbocycles. The summed E-state index contributed by atoms with van der Waals surface area (Å²) in [5, 5.41) is 1.45. The Balaban J connectivity index is 2.37. The molecule has 3 N–H and O–H groups in total. The monoisotopic (exact) mass is 330 g/mol. The van der Waals surface area contributed by atoms with Crippen molar-refractivity contribution in [1.82, 2.24) is 0 Å². The highest BCUT2D eigenvalue weighted by Crippen LogP contribution is 2.26. The number of rotatable bonds is 4. The maximum Gasteiger partial charge on any atom is 0.337 e. The second-order valence-corrected chi connectivity index (χ2v) is 6.81. The van der Waals surface area contributed by atoms with Crippen molar-refractivity contribution in [3.8, 4) is 0 Å². The van der Waals surface area contributed by atoms with Crippen molar-refractivity contribution in [2.24, 2.45) is 0 Å². The minimum absolute atomic E-state index is 0.0299. The highest BCUT2D eigenvalue weighted by molar-refractivity contribution is 7.94. The van der Waals surface area contributed by atoms with Crippen molar-refractivity contribution in [3.05, 3.63) is 41.0 Å². The van der Waals surface area contributed by atoms with Gasteiger partial charge in [-0.15, -0.1) is 11.3 Å². The lowest BCUT2D eigenvalue weighted by Gasteiger charge is -2.08. The van der Waals surface area contributed by atoms with Gasteiger partial charge in [-0.25, -0.2) is 17.6 Å². The van der Waals surface area contributed by atoms with Crippen LogP contribution < -0.4 is 10.5 Å². The Morgan fingerprint density at radius 1 is 1.38 bits per heavy atom. The van der Waals surface area contributed by atoms with Crippen molar-refractivity contribution < 1.29 is 22.3 Å². The maximum atomic E-state index is 13.7. The first-order valence-electron chi connectivity index (χ1n) is 5.58. The first-order chi connectivity index (χ1) is 9.83. The molecule has 21 heavy (non-hydrogen) atoms. The highest BCUT2D eigenvalue weighted by Gasteiger charge is 2.19. The number of nitrogens with one attached hydrogen (secondary N) is 1. The summed E-state index contributed by atoms with van der Waals surface area (Å²) in [6.07, 6.45) is 0. The number of nitrogen functional groups attached to an aromatic ring is 1. The zero-order valence-corrected chi connectivity index (χ0v) is 12.4. The molecule has 0 aliphatic carbocycles. The fraction of sp³-hybridized carbons (Fsp3) is 0.0833. The summed E-state index contributed by atoms with van der Waals surface area (Å²) < 4.78 is 44.4. The van der Waals surface area contributed by atoms with E-state index in [1.165, 1.54) is 24.6 Å². The minimum Gasteiger partial charge on any atom is -0.465 e. The van der Waals surface area contributed by atoms with Gasteiger partial charge in [0.25, 0.3) is 10.0 Å². The number of thiophene rings is 1. The van der Waals surface area contributed by atoms with E-state index in [4.69, 9.17) is 5.73 Å². The van der Waals surface area contributed by atoms with E-state index in [1.54, 1.807) is 0 Å². The predicted octanol–water partition coefficient (Wildman–Crippen LogP) is 2.06. The largest absolute Gasteiger partial charge is 0.465 e. The lowest BCUT2D eigenvalue weighted by Crippen LogP contribution is -2.13. The highest BCUT2D eigenvalue weighted by atomic mass is 32.2. The topological polar surface area (TPSA) is 98.5 Å².